The van der Waals surface area contributed by atoms with E-state index in [0.717, 1.165) is 25.2 Å². The summed E-state index contributed by atoms with van der Waals surface area (Å²) in [5.41, 5.74) is 0. The number of nitrogens with zero attached hydrogens (tertiary/aromatic N) is 1. The summed E-state index contributed by atoms with van der Waals surface area (Å²) in [7, 11) is 2.33. The monoisotopic (exact) mass is 636 g/mol. The number of carbonyl (C=O) groups is 1. The third-order valence-electron chi connectivity index (χ3n) is 10.0. The summed E-state index contributed by atoms with van der Waals surface area (Å²) < 4.78 is 5.29. The molecule has 0 radical (unpaired) electrons. The van der Waals surface area contributed by atoms with Gasteiger partial charge >= 0.3 is 5.97 Å². The SMILES string of the molecule is CCCCCCCCC(CCCCCCCC)CCCCCCCN(C)CCCCCCCCCCCC(=O)OCCCCC. The van der Waals surface area contributed by atoms with Gasteiger partial charge in [0.25, 0.3) is 0 Å². The van der Waals surface area contributed by atoms with Gasteiger partial charge in [-0.15, -0.1) is 0 Å². The maximum Gasteiger partial charge on any atom is 0.305 e. The average Bonchev–Trinajstić information content (AvgIpc) is 3.04. The molecule has 3 heteroatoms. The van der Waals surface area contributed by atoms with E-state index in [9.17, 15) is 4.79 Å². The van der Waals surface area contributed by atoms with E-state index in [1.807, 2.05) is 0 Å². The van der Waals surface area contributed by atoms with Gasteiger partial charge in [0.1, 0.15) is 0 Å². The molecule has 45 heavy (non-hydrogen) atoms. The van der Waals surface area contributed by atoms with Gasteiger partial charge in [0.2, 0.25) is 0 Å². The van der Waals surface area contributed by atoms with E-state index in [4.69, 9.17) is 4.74 Å². The van der Waals surface area contributed by atoms with Crippen LogP contribution in [0, 0.1) is 5.92 Å². The molecule has 0 aromatic heterocycles. The van der Waals surface area contributed by atoms with E-state index < -0.39 is 0 Å². The van der Waals surface area contributed by atoms with Gasteiger partial charge in [0.15, 0.2) is 0 Å². The van der Waals surface area contributed by atoms with Crippen LogP contribution in [-0.2, 0) is 9.53 Å². The van der Waals surface area contributed by atoms with Crippen molar-refractivity contribution in [1.29, 1.82) is 0 Å². The standard InChI is InChI=1S/C42H85NO2/c1-5-8-11-13-21-27-34-41(35-28-22-14-12-9-6-2)36-29-23-20-26-32-39-43(4)38-31-25-19-17-15-16-18-24-30-37-42(44)45-40-33-10-7-3/h41H,5-40H2,1-4H3. The molecule has 0 heterocycles. The third kappa shape index (κ3) is 36.1. The first kappa shape index (κ1) is 44.4. The van der Waals surface area contributed by atoms with Crippen LogP contribution < -0.4 is 0 Å². The fourth-order valence-corrected chi connectivity index (χ4v) is 6.82. The van der Waals surface area contributed by atoms with Crippen LogP contribution in [0.15, 0.2) is 0 Å². The van der Waals surface area contributed by atoms with E-state index in [1.54, 1.807) is 0 Å². The van der Waals surface area contributed by atoms with Crippen molar-refractivity contribution < 1.29 is 9.53 Å². The van der Waals surface area contributed by atoms with Crippen LogP contribution in [0.2, 0.25) is 0 Å². The fraction of sp³-hybridized carbons (Fsp3) is 0.976. The highest BCUT2D eigenvalue weighted by atomic mass is 16.5. The molecule has 0 spiro atoms. The summed E-state index contributed by atoms with van der Waals surface area (Å²) in [6.07, 6.45) is 44.6. The molecule has 0 N–H and O–H groups in total. The number of hydrogen-bond donors (Lipinski definition) is 0. The molecule has 0 rings (SSSR count). The first-order valence-electron chi connectivity index (χ1n) is 21.0. The summed E-state index contributed by atoms with van der Waals surface area (Å²) in [5.74, 6) is 1.02. The van der Waals surface area contributed by atoms with Gasteiger partial charge < -0.3 is 9.64 Å². The van der Waals surface area contributed by atoms with Crippen molar-refractivity contribution in [2.24, 2.45) is 5.92 Å². The summed E-state index contributed by atoms with van der Waals surface area (Å²) in [5, 5.41) is 0. The average molecular weight is 636 g/mol. The van der Waals surface area contributed by atoms with Crippen LogP contribution in [-0.4, -0.2) is 37.6 Å². The summed E-state index contributed by atoms with van der Waals surface area (Å²) in [6.45, 7) is 9.99. The van der Waals surface area contributed by atoms with Crippen molar-refractivity contribution in [2.45, 2.75) is 233 Å². The molecule has 0 atom stereocenters. The maximum atomic E-state index is 11.7. The fourth-order valence-electron chi connectivity index (χ4n) is 6.82. The number of unbranched alkanes of at least 4 members (excludes halogenated alkanes) is 24. The second-order valence-corrected chi connectivity index (χ2v) is 14.7. The topological polar surface area (TPSA) is 29.5 Å². The maximum absolute atomic E-state index is 11.7. The lowest BCUT2D eigenvalue weighted by Gasteiger charge is -2.18. The second-order valence-electron chi connectivity index (χ2n) is 14.7. The van der Waals surface area contributed by atoms with Crippen LogP contribution in [0.1, 0.15) is 233 Å². The van der Waals surface area contributed by atoms with E-state index in [0.29, 0.717) is 13.0 Å². The van der Waals surface area contributed by atoms with Crippen molar-refractivity contribution in [1.82, 2.24) is 4.90 Å². The Morgan fingerprint density at radius 2 is 0.778 bits per heavy atom. The Hall–Kier alpha value is -0.570. The minimum atomic E-state index is 0.00690. The Bertz CT molecular complexity index is 549. The van der Waals surface area contributed by atoms with Crippen molar-refractivity contribution in [2.75, 3.05) is 26.7 Å². The predicted octanol–water partition coefficient (Wildman–Crippen LogP) is 14.0. The molecule has 0 saturated heterocycles. The zero-order valence-electron chi connectivity index (χ0n) is 31.8. The lowest BCUT2D eigenvalue weighted by Crippen LogP contribution is -2.20. The number of esters is 1. The Balaban J connectivity index is 3.64. The Morgan fingerprint density at radius 1 is 0.444 bits per heavy atom. The van der Waals surface area contributed by atoms with Gasteiger partial charge in [-0.25, -0.2) is 0 Å². The van der Waals surface area contributed by atoms with Crippen LogP contribution in [0.3, 0.4) is 0 Å². The van der Waals surface area contributed by atoms with Crippen molar-refractivity contribution in [3.05, 3.63) is 0 Å². The molecule has 0 aromatic carbocycles. The van der Waals surface area contributed by atoms with Crippen LogP contribution in [0.25, 0.3) is 0 Å². The van der Waals surface area contributed by atoms with E-state index in [-0.39, 0.29) is 5.97 Å². The summed E-state index contributed by atoms with van der Waals surface area (Å²) >= 11 is 0. The highest BCUT2D eigenvalue weighted by Gasteiger charge is 2.09. The van der Waals surface area contributed by atoms with Crippen molar-refractivity contribution >= 4 is 5.97 Å². The van der Waals surface area contributed by atoms with Crippen LogP contribution in [0.4, 0.5) is 0 Å². The quantitative estimate of drug-likeness (QED) is 0.0499. The zero-order valence-corrected chi connectivity index (χ0v) is 31.8. The lowest BCUT2D eigenvalue weighted by atomic mass is 9.89. The minimum Gasteiger partial charge on any atom is -0.466 e. The summed E-state index contributed by atoms with van der Waals surface area (Å²) in [6, 6.07) is 0. The first-order chi connectivity index (χ1) is 22.1. The van der Waals surface area contributed by atoms with Gasteiger partial charge in [-0.05, 0) is 51.7 Å². The smallest absolute Gasteiger partial charge is 0.305 e. The molecule has 0 aromatic rings. The predicted molar refractivity (Wildman–Crippen MR) is 201 cm³/mol. The zero-order chi connectivity index (χ0) is 32.9. The Morgan fingerprint density at radius 3 is 1.20 bits per heavy atom. The normalized spacial score (nSPS) is 11.7. The molecular formula is C42H85NO2. The van der Waals surface area contributed by atoms with E-state index in [1.165, 1.54) is 199 Å². The minimum absolute atomic E-state index is 0.00690. The molecule has 0 aliphatic carbocycles. The van der Waals surface area contributed by atoms with Crippen molar-refractivity contribution in [3.63, 3.8) is 0 Å². The van der Waals surface area contributed by atoms with Gasteiger partial charge in [-0.2, -0.15) is 0 Å². The van der Waals surface area contributed by atoms with Gasteiger partial charge in [-0.3, -0.25) is 4.79 Å². The number of carbonyl (C=O) groups excluding carboxylic acids is 1. The molecule has 270 valence electrons. The largest absolute Gasteiger partial charge is 0.466 e. The number of ether oxygens (including phenoxy) is 1. The van der Waals surface area contributed by atoms with Crippen LogP contribution in [0.5, 0.6) is 0 Å². The highest BCUT2D eigenvalue weighted by Crippen LogP contribution is 2.25. The van der Waals surface area contributed by atoms with Crippen molar-refractivity contribution in [3.8, 4) is 0 Å². The molecule has 0 unspecified atom stereocenters. The molecule has 0 aliphatic rings. The molecule has 0 amide bonds. The molecule has 0 aliphatic heterocycles. The molecule has 0 saturated carbocycles. The van der Waals surface area contributed by atoms with Gasteiger partial charge in [0.05, 0.1) is 6.61 Å². The molecule has 0 fully saturated rings. The Kier molecular flexibility index (Phi) is 37.4. The summed E-state index contributed by atoms with van der Waals surface area (Å²) in [4.78, 5) is 14.3. The molecule has 3 nitrogen and oxygen atoms in total. The Labute approximate surface area is 285 Å². The molecule has 0 bridgehead atoms. The van der Waals surface area contributed by atoms with Crippen LogP contribution >= 0.6 is 0 Å². The molecular weight excluding hydrogens is 550 g/mol. The number of hydrogen-bond acceptors (Lipinski definition) is 3. The lowest BCUT2D eigenvalue weighted by molar-refractivity contribution is -0.143. The van der Waals surface area contributed by atoms with Gasteiger partial charge in [0, 0.05) is 6.42 Å². The second kappa shape index (κ2) is 37.9. The first-order valence-corrected chi connectivity index (χ1v) is 21.0. The third-order valence-corrected chi connectivity index (χ3v) is 10.0. The highest BCUT2D eigenvalue weighted by molar-refractivity contribution is 5.69. The van der Waals surface area contributed by atoms with Gasteiger partial charge in [-0.1, -0.05) is 201 Å². The number of rotatable bonds is 38. The van der Waals surface area contributed by atoms with E-state index in [2.05, 4.69) is 32.7 Å². The van der Waals surface area contributed by atoms with E-state index >= 15 is 0 Å².